The summed E-state index contributed by atoms with van der Waals surface area (Å²) in [5, 5.41) is 0. The van der Waals surface area contributed by atoms with Gasteiger partial charge in [0.15, 0.2) is 0 Å². The molecule has 0 heterocycles. The number of rotatable bonds is 17. The molecule has 0 fully saturated rings. The first kappa shape index (κ1) is 27.0. The minimum Gasteiger partial charge on any atom is -0.748 e. The first-order chi connectivity index (χ1) is 11.0. The van der Waals surface area contributed by atoms with Crippen molar-refractivity contribution >= 4 is 10.1 Å². The van der Waals surface area contributed by atoms with Gasteiger partial charge in [-0.2, -0.15) is 0 Å². The monoisotopic (exact) mass is 376 g/mol. The van der Waals surface area contributed by atoms with Crippen LogP contribution in [0.2, 0.25) is 0 Å². The Bertz CT molecular complexity index is 350. The summed E-state index contributed by atoms with van der Waals surface area (Å²) >= 11 is 0. The van der Waals surface area contributed by atoms with Crippen molar-refractivity contribution < 1.29 is 56.7 Å². The van der Waals surface area contributed by atoms with Crippen LogP contribution in [0.1, 0.15) is 52.4 Å². The smallest absolute Gasteiger partial charge is 0.748 e. The van der Waals surface area contributed by atoms with E-state index in [0.717, 1.165) is 13.0 Å². The molecule has 1 atom stereocenters. The Morgan fingerprint density at radius 1 is 0.875 bits per heavy atom. The van der Waals surface area contributed by atoms with Crippen LogP contribution in [0.3, 0.4) is 0 Å². The Morgan fingerprint density at radius 3 is 2.00 bits per heavy atom. The van der Waals surface area contributed by atoms with E-state index in [4.69, 9.17) is 14.2 Å². The Kier molecular flexibility index (Phi) is 20.9. The Hall–Kier alpha value is 0.790. The molecule has 0 N–H and O–H groups in total. The molecule has 0 amide bonds. The van der Waals surface area contributed by atoms with Crippen LogP contribution in [0.5, 0.6) is 0 Å². The minimum atomic E-state index is -4.09. The maximum atomic E-state index is 10.4. The molecule has 0 aromatic carbocycles. The van der Waals surface area contributed by atoms with Gasteiger partial charge in [-0.3, -0.25) is 0 Å². The quantitative estimate of drug-likeness (QED) is 0.195. The van der Waals surface area contributed by atoms with Gasteiger partial charge in [0.1, 0.15) is 0 Å². The van der Waals surface area contributed by atoms with Gasteiger partial charge >= 0.3 is 29.6 Å². The van der Waals surface area contributed by atoms with Crippen molar-refractivity contribution in [3.63, 3.8) is 0 Å². The van der Waals surface area contributed by atoms with E-state index in [1.165, 1.54) is 19.3 Å². The van der Waals surface area contributed by atoms with Gasteiger partial charge in [-0.1, -0.05) is 33.1 Å². The molecule has 140 valence electrons. The second-order valence-electron chi connectivity index (χ2n) is 5.69. The van der Waals surface area contributed by atoms with Crippen molar-refractivity contribution in [2.75, 3.05) is 45.4 Å². The molecule has 8 heteroatoms. The molecule has 0 saturated heterocycles. The van der Waals surface area contributed by atoms with Crippen LogP contribution in [0.4, 0.5) is 0 Å². The molecule has 0 aliphatic heterocycles. The van der Waals surface area contributed by atoms with Crippen molar-refractivity contribution in [2.45, 2.75) is 52.4 Å². The van der Waals surface area contributed by atoms with Gasteiger partial charge in [0.2, 0.25) is 0 Å². The zero-order valence-electron chi connectivity index (χ0n) is 15.6. The molecule has 0 rings (SSSR count). The van der Waals surface area contributed by atoms with Crippen molar-refractivity contribution in [2.24, 2.45) is 5.92 Å². The number of ether oxygens (including phenoxy) is 3. The number of unbranched alkanes of at least 4 members (excludes halogenated alkanes) is 2. The van der Waals surface area contributed by atoms with Gasteiger partial charge in [-0.15, -0.1) is 0 Å². The van der Waals surface area contributed by atoms with Gasteiger partial charge in [-0.05, 0) is 25.2 Å². The van der Waals surface area contributed by atoms with Crippen LogP contribution >= 0.6 is 0 Å². The SMILES string of the molecule is CCCCC(CC)COCCOCCOCCCCS(=O)(=O)[O-].[Na+]. The molecule has 0 bridgehead atoms. The topological polar surface area (TPSA) is 84.9 Å². The summed E-state index contributed by atoms with van der Waals surface area (Å²) in [4.78, 5) is 0. The van der Waals surface area contributed by atoms with E-state index in [0.29, 0.717) is 51.8 Å². The van der Waals surface area contributed by atoms with Crippen molar-refractivity contribution in [1.29, 1.82) is 0 Å². The molecule has 0 aliphatic carbocycles. The van der Waals surface area contributed by atoms with Crippen LogP contribution in [0, 0.1) is 5.92 Å². The molecule has 0 aliphatic rings. The first-order valence-corrected chi connectivity index (χ1v) is 10.2. The molecule has 24 heavy (non-hydrogen) atoms. The zero-order chi connectivity index (χ0) is 17.4. The Balaban J connectivity index is 0. The summed E-state index contributed by atoms with van der Waals surface area (Å²) in [6.45, 7) is 7.78. The van der Waals surface area contributed by atoms with Gasteiger partial charge in [0, 0.05) is 19.0 Å². The Labute approximate surface area is 170 Å². The summed E-state index contributed by atoms with van der Waals surface area (Å²) in [6, 6.07) is 0. The molecule has 0 spiro atoms. The van der Waals surface area contributed by atoms with Gasteiger partial charge < -0.3 is 18.8 Å². The van der Waals surface area contributed by atoms with Crippen molar-refractivity contribution in [3.8, 4) is 0 Å². The summed E-state index contributed by atoms with van der Waals surface area (Å²) in [5.74, 6) is 0.331. The van der Waals surface area contributed by atoms with E-state index in [-0.39, 0.29) is 35.3 Å². The van der Waals surface area contributed by atoms with Crippen molar-refractivity contribution in [1.82, 2.24) is 0 Å². The molecule has 1 unspecified atom stereocenters. The molecule has 6 nitrogen and oxygen atoms in total. The third-order valence-corrected chi connectivity index (χ3v) is 4.36. The maximum Gasteiger partial charge on any atom is 1.00 e. The summed E-state index contributed by atoms with van der Waals surface area (Å²) in [7, 11) is -4.09. The van der Waals surface area contributed by atoms with Crippen LogP contribution < -0.4 is 29.6 Å². The second-order valence-corrected chi connectivity index (χ2v) is 7.21. The molecule has 0 aromatic rings. The van der Waals surface area contributed by atoms with Crippen LogP contribution in [-0.4, -0.2) is 58.4 Å². The third kappa shape index (κ3) is 20.8. The number of hydrogen-bond donors (Lipinski definition) is 0. The summed E-state index contributed by atoms with van der Waals surface area (Å²) in [6.07, 6.45) is 5.79. The molecule has 0 radical (unpaired) electrons. The standard InChI is InChI=1S/C16H34O6S.Na/c1-3-5-8-16(4-2)15-22-13-12-21-11-10-20-9-6-7-14-23(17,18)19;/h16H,3-15H2,1-2H3,(H,17,18,19);/q;+1/p-1. The van der Waals surface area contributed by atoms with E-state index in [2.05, 4.69) is 13.8 Å². The molecule has 0 saturated carbocycles. The van der Waals surface area contributed by atoms with Gasteiger partial charge in [0.05, 0.1) is 36.5 Å². The first-order valence-electron chi connectivity index (χ1n) is 8.66. The van der Waals surface area contributed by atoms with E-state index < -0.39 is 10.1 Å². The normalized spacial score (nSPS) is 12.8. The van der Waals surface area contributed by atoms with Crippen LogP contribution in [0.25, 0.3) is 0 Å². The van der Waals surface area contributed by atoms with Crippen LogP contribution in [0.15, 0.2) is 0 Å². The maximum absolute atomic E-state index is 10.4. The van der Waals surface area contributed by atoms with E-state index >= 15 is 0 Å². The minimum absolute atomic E-state index is 0. The molecule has 0 aromatic heterocycles. The fraction of sp³-hybridized carbons (Fsp3) is 1.00. The zero-order valence-corrected chi connectivity index (χ0v) is 18.4. The predicted octanol–water partition coefficient (Wildman–Crippen LogP) is -0.418. The second kappa shape index (κ2) is 18.6. The van der Waals surface area contributed by atoms with Gasteiger partial charge in [0.25, 0.3) is 0 Å². The van der Waals surface area contributed by atoms with Gasteiger partial charge in [-0.25, -0.2) is 8.42 Å². The third-order valence-electron chi connectivity index (χ3n) is 3.57. The van der Waals surface area contributed by atoms with E-state index in [9.17, 15) is 13.0 Å². The van der Waals surface area contributed by atoms with Crippen LogP contribution in [-0.2, 0) is 24.3 Å². The summed E-state index contributed by atoms with van der Waals surface area (Å²) in [5.41, 5.74) is 0. The fourth-order valence-corrected chi connectivity index (χ4v) is 2.63. The largest absolute Gasteiger partial charge is 1.00 e. The predicted molar refractivity (Wildman–Crippen MR) is 89.6 cm³/mol. The average molecular weight is 376 g/mol. The van der Waals surface area contributed by atoms with E-state index in [1.807, 2.05) is 0 Å². The van der Waals surface area contributed by atoms with Crippen molar-refractivity contribution in [3.05, 3.63) is 0 Å². The Morgan fingerprint density at radius 2 is 1.46 bits per heavy atom. The fourth-order valence-electron chi connectivity index (χ4n) is 2.07. The average Bonchev–Trinajstić information content (AvgIpc) is 2.50. The molecular weight excluding hydrogens is 343 g/mol. The molecular formula is C16H33NaO6S. The summed E-state index contributed by atoms with van der Waals surface area (Å²) < 4.78 is 47.4. The van der Waals surface area contributed by atoms with E-state index in [1.54, 1.807) is 0 Å². The number of hydrogen-bond acceptors (Lipinski definition) is 6.